The van der Waals surface area contributed by atoms with Gasteiger partial charge in [-0.2, -0.15) is 0 Å². The number of hydrogen-bond donors (Lipinski definition) is 2. The van der Waals surface area contributed by atoms with Gasteiger partial charge in [-0.25, -0.2) is 0 Å². The van der Waals surface area contributed by atoms with E-state index in [0.29, 0.717) is 0 Å². The summed E-state index contributed by atoms with van der Waals surface area (Å²) in [6.07, 6.45) is -1.60. The summed E-state index contributed by atoms with van der Waals surface area (Å²) in [7, 11) is 0. The molecule has 0 amide bonds. The first-order chi connectivity index (χ1) is 8.49. The molecule has 2 unspecified atom stereocenters. The van der Waals surface area contributed by atoms with E-state index < -0.39 is 12.2 Å². The molecule has 0 saturated carbocycles. The molecule has 1 heterocycles. The number of pyridine rings is 1. The fourth-order valence-electron chi connectivity index (χ4n) is 1.99. The van der Waals surface area contributed by atoms with Crippen LogP contribution in [0.3, 0.4) is 0 Å². The van der Waals surface area contributed by atoms with Crippen molar-refractivity contribution in [2.45, 2.75) is 33.0 Å². The lowest BCUT2D eigenvalue weighted by Gasteiger charge is -2.21. The second-order valence-electron chi connectivity index (χ2n) is 5.08. The summed E-state index contributed by atoms with van der Waals surface area (Å²) in [6.45, 7) is 5.73. The molecule has 0 aliphatic rings. The minimum atomic E-state index is -0.851. The van der Waals surface area contributed by atoms with Crippen molar-refractivity contribution in [3.63, 3.8) is 0 Å². The molecule has 0 bridgehead atoms. The van der Waals surface area contributed by atoms with Gasteiger partial charge in [0.2, 0.25) is 0 Å². The molecule has 3 nitrogen and oxygen atoms in total. The number of rotatable bonds is 3. The van der Waals surface area contributed by atoms with Crippen LogP contribution in [0.15, 0.2) is 30.3 Å². The first-order valence-electron chi connectivity index (χ1n) is 6.22. The van der Waals surface area contributed by atoms with E-state index in [9.17, 15) is 10.2 Å². The molecule has 2 N–H and O–H groups in total. The van der Waals surface area contributed by atoms with Crippen molar-refractivity contribution in [2.24, 2.45) is 5.92 Å². The highest BCUT2D eigenvalue weighted by Gasteiger charge is 2.21. The summed E-state index contributed by atoms with van der Waals surface area (Å²) in [6, 6.07) is 9.52. The predicted octanol–water partition coefficient (Wildman–Crippen LogP) is 2.59. The van der Waals surface area contributed by atoms with Gasteiger partial charge in [-0.15, -0.1) is 0 Å². The maximum atomic E-state index is 10.1. The van der Waals surface area contributed by atoms with Crippen LogP contribution < -0.4 is 0 Å². The topological polar surface area (TPSA) is 53.4 Å². The van der Waals surface area contributed by atoms with E-state index in [1.165, 1.54) is 0 Å². The van der Waals surface area contributed by atoms with Crippen molar-refractivity contribution >= 4 is 10.9 Å². The van der Waals surface area contributed by atoms with Gasteiger partial charge in [0.1, 0.15) is 6.10 Å². The Morgan fingerprint density at radius 1 is 1.06 bits per heavy atom. The normalized spacial score (nSPS) is 15.0. The monoisotopic (exact) mass is 245 g/mol. The molecule has 2 aromatic rings. The Bertz CT molecular complexity index is 551. The van der Waals surface area contributed by atoms with E-state index in [2.05, 4.69) is 4.98 Å². The first kappa shape index (κ1) is 13.0. The molecule has 18 heavy (non-hydrogen) atoms. The summed E-state index contributed by atoms with van der Waals surface area (Å²) in [5, 5.41) is 21.0. The quantitative estimate of drug-likeness (QED) is 0.874. The molecule has 1 aromatic heterocycles. The van der Waals surface area contributed by atoms with Crippen LogP contribution in [0.4, 0.5) is 0 Å². The summed E-state index contributed by atoms with van der Waals surface area (Å²) < 4.78 is 0. The van der Waals surface area contributed by atoms with Crippen LogP contribution in [-0.2, 0) is 0 Å². The zero-order valence-corrected chi connectivity index (χ0v) is 11.0. The zero-order valence-electron chi connectivity index (χ0n) is 11.0. The second-order valence-corrected chi connectivity index (χ2v) is 5.08. The number of aliphatic hydroxyl groups excluding tert-OH is 2. The van der Waals surface area contributed by atoms with Crippen LogP contribution in [0, 0.1) is 12.8 Å². The SMILES string of the molecule is Cc1ccc2cc(C(O)C(O)C(C)C)ccc2n1. The molecule has 0 aliphatic heterocycles. The third kappa shape index (κ3) is 2.52. The number of fused-ring (bicyclic) bond motifs is 1. The number of nitrogens with zero attached hydrogens (tertiary/aromatic N) is 1. The first-order valence-corrected chi connectivity index (χ1v) is 6.22. The largest absolute Gasteiger partial charge is 0.390 e. The fraction of sp³-hybridized carbons (Fsp3) is 0.400. The van der Waals surface area contributed by atoms with Crippen LogP contribution >= 0.6 is 0 Å². The maximum absolute atomic E-state index is 10.1. The average Bonchev–Trinajstić information content (AvgIpc) is 2.36. The van der Waals surface area contributed by atoms with Crippen molar-refractivity contribution in [1.29, 1.82) is 0 Å². The number of hydrogen-bond acceptors (Lipinski definition) is 3. The maximum Gasteiger partial charge on any atom is 0.105 e. The zero-order chi connectivity index (χ0) is 13.3. The Hall–Kier alpha value is -1.45. The van der Waals surface area contributed by atoms with Gasteiger partial charge in [0, 0.05) is 11.1 Å². The molecule has 0 spiro atoms. The lowest BCUT2D eigenvalue weighted by Crippen LogP contribution is -2.23. The minimum Gasteiger partial charge on any atom is -0.390 e. The fourth-order valence-corrected chi connectivity index (χ4v) is 1.99. The molecular formula is C15H19NO2. The molecule has 2 rings (SSSR count). The van der Waals surface area contributed by atoms with E-state index in [0.717, 1.165) is 22.2 Å². The summed E-state index contributed by atoms with van der Waals surface area (Å²) >= 11 is 0. The highest BCUT2D eigenvalue weighted by Crippen LogP contribution is 2.24. The Morgan fingerprint density at radius 3 is 2.44 bits per heavy atom. The Labute approximate surface area is 107 Å². The van der Waals surface area contributed by atoms with Gasteiger partial charge < -0.3 is 10.2 Å². The van der Waals surface area contributed by atoms with E-state index >= 15 is 0 Å². The van der Waals surface area contributed by atoms with E-state index in [1.54, 1.807) is 0 Å². The lowest BCUT2D eigenvalue weighted by atomic mass is 9.95. The summed E-state index contributed by atoms with van der Waals surface area (Å²) in [5.41, 5.74) is 2.61. The highest BCUT2D eigenvalue weighted by atomic mass is 16.3. The van der Waals surface area contributed by atoms with Gasteiger partial charge in [0.05, 0.1) is 11.6 Å². The molecule has 2 atom stereocenters. The van der Waals surface area contributed by atoms with E-state index in [4.69, 9.17) is 0 Å². The van der Waals surface area contributed by atoms with Crippen molar-refractivity contribution in [3.8, 4) is 0 Å². The van der Waals surface area contributed by atoms with Crippen LogP contribution in [-0.4, -0.2) is 21.3 Å². The lowest BCUT2D eigenvalue weighted by molar-refractivity contribution is -0.00932. The molecule has 0 aliphatic carbocycles. The molecule has 0 saturated heterocycles. The Balaban J connectivity index is 2.38. The van der Waals surface area contributed by atoms with Gasteiger partial charge in [-0.1, -0.05) is 26.0 Å². The smallest absolute Gasteiger partial charge is 0.105 e. The number of benzene rings is 1. The third-order valence-corrected chi connectivity index (χ3v) is 3.20. The summed E-state index contributed by atoms with van der Waals surface area (Å²) in [5.74, 6) is 0.0202. The predicted molar refractivity (Wildman–Crippen MR) is 72.3 cm³/mol. The number of aromatic nitrogens is 1. The minimum absolute atomic E-state index is 0.0202. The molecule has 0 fully saturated rings. The Morgan fingerprint density at radius 2 is 1.78 bits per heavy atom. The molecular weight excluding hydrogens is 226 g/mol. The highest BCUT2D eigenvalue weighted by molar-refractivity contribution is 5.79. The van der Waals surface area contributed by atoms with Gasteiger partial charge in [0.15, 0.2) is 0 Å². The van der Waals surface area contributed by atoms with Crippen molar-refractivity contribution in [1.82, 2.24) is 4.98 Å². The van der Waals surface area contributed by atoms with Gasteiger partial charge >= 0.3 is 0 Å². The third-order valence-electron chi connectivity index (χ3n) is 3.20. The molecule has 3 heteroatoms. The standard InChI is InChI=1S/C15H19NO2/c1-9(2)14(17)15(18)12-6-7-13-11(8-12)5-4-10(3)16-13/h4-9,14-15,17-18H,1-3H3. The van der Waals surface area contributed by atoms with E-state index in [-0.39, 0.29) is 5.92 Å². The van der Waals surface area contributed by atoms with Gasteiger partial charge in [-0.05, 0) is 36.6 Å². The molecule has 96 valence electrons. The molecule has 1 aromatic carbocycles. The van der Waals surface area contributed by atoms with Crippen molar-refractivity contribution in [3.05, 3.63) is 41.6 Å². The summed E-state index contributed by atoms with van der Waals surface area (Å²) in [4.78, 5) is 4.41. The number of aliphatic hydroxyl groups is 2. The Kier molecular flexibility index (Phi) is 3.64. The number of aryl methyl sites for hydroxylation is 1. The van der Waals surface area contributed by atoms with Crippen molar-refractivity contribution in [2.75, 3.05) is 0 Å². The van der Waals surface area contributed by atoms with Crippen LogP contribution in [0.1, 0.15) is 31.2 Å². The average molecular weight is 245 g/mol. The van der Waals surface area contributed by atoms with E-state index in [1.807, 2.05) is 51.1 Å². The molecule has 0 radical (unpaired) electrons. The van der Waals surface area contributed by atoms with Crippen LogP contribution in [0.25, 0.3) is 10.9 Å². The van der Waals surface area contributed by atoms with Crippen LogP contribution in [0.2, 0.25) is 0 Å². The van der Waals surface area contributed by atoms with Crippen molar-refractivity contribution < 1.29 is 10.2 Å². The van der Waals surface area contributed by atoms with Gasteiger partial charge in [-0.3, -0.25) is 4.98 Å². The second kappa shape index (κ2) is 5.04. The van der Waals surface area contributed by atoms with Crippen LogP contribution in [0.5, 0.6) is 0 Å². The van der Waals surface area contributed by atoms with Gasteiger partial charge in [0.25, 0.3) is 0 Å².